The molecular weight excluding hydrogens is 136 g/mol. The molecule has 4 heteroatoms. The highest BCUT2D eigenvalue weighted by Crippen LogP contribution is 1.96. The third kappa shape index (κ3) is 1.50. The van der Waals surface area contributed by atoms with Gasteiger partial charge in [-0.2, -0.15) is 0 Å². The molecular formula is C5H6N2OS. The van der Waals surface area contributed by atoms with Crippen LogP contribution in [-0.2, 0) is 4.74 Å². The minimum atomic E-state index is -0.315. The lowest BCUT2D eigenvalue weighted by molar-refractivity contribution is 0.257. The Bertz CT molecular complexity index is 176. The molecule has 0 saturated carbocycles. The Morgan fingerprint density at radius 3 is 2.89 bits per heavy atom. The van der Waals surface area contributed by atoms with Gasteiger partial charge in [0.25, 0.3) is 0 Å². The predicted molar refractivity (Wildman–Crippen MR) is 39.3 cm³/mol. The Morgan fingerprint density at radius 1 is 1.78 bits per heavy atom. The maximum atomic E-state index is 5.25. The second-order valence-corrected chi connectivity index (χ2v) is 2.01. The smallest absolute Gasteiger partial charge is 0.182 e. The van der Waals surface area contributed by atoms with Gasteiger partial charge in [-0.25, -0.2) is 0 Å². The van der Waals surface area contributed by atoms with Crippen molar-refractivity contribution < 1.29 is 4.74 Å². The van der Waals surface area contributed by atoms with Crippen LogP contribution in [0.5, 0.6) is 0 Å². The Morgan fingerprint density at radius 2 is 2.56 bits per heavy atom. The number of ether oxygens (including phenoxy) is 1. The lowest BCUT2D eigenvalue weighted by Crippen LogP contribution is -2.30. The van der Waals surface area contributed by atoms with E-state index in [0.29, 0.717) is 4.99 Å². The zero-order chi connectivity index (χ0) is 6.69. The second kappa shape index (κ2) is 2.59. The van der Waals surface area contributed by atoms with E-state index in [1.807, 2.05) is 0 Å². The molecule has 1 heterocycles. The highest BCUT2D eigenvalue weighted by molar-refractivity contribution is 7.80. The van der Waals surface area contributed by atoms with Crippen LogP contribution in [0.1, 0.15) is 0 Å². The predicted octanol–water partition coefficient (Wildman–Crippen LogP) is 0.213. The molecule has 1 rings (SSSR count). The highest BCUT2D eigenvalue weighted by atomic mass is 32.1. The summed E-state index contributed by atoms with van der Waals surface area (Å²) < 4.78 is 4.94. The van der Waals surface area contributed by atoms with E-state index in [1.165, 1.54) is 12.5 Å². The third-order valence-electron chi connectivity index (χ3n) is 0.874. The Kier molecular flexibility index (Phi) is 1.79. The van der Waals surface area contributed by atoms with E-state index in [4.69, 9.17) is 10.5 Å². The molecule has 0 saturated heterocycles. The maximum absolute atomic E-state index is 5.25. The summed E-state index contributed by atoms with van der Waals surface area (Å²) in [5.41, 5.74) is 5.25. The van der Waals surface area contributed by atoms with Crippen LogP contribution in [0.3, 0.4) is 0 Å². The second-order valence-electron chi connectivity index (χ2n) is 1.54. The molecule has 3 nitrogen and oxygen atoms in total. The van der Waals surface area contributed by atoms with Crippen LogP contribution in [0.15, 0.2) is 17.5 Å². The lowest BCUT2D eigenvalue weighted by Gasteiger charge is -2.10. The largest absolute Gasteiger partial charge is 0.484 e. The van der Waals surface area contributed by atoms with Crippen molar-refractivity contribution in [3.05, 3.63) is 12.5 Å². The minimum absolute atomic E-state index is 0.308. The minimum Gasteiger partial charge on any atom is -0.484 e. The Hall–Kier alpha value is -0.900. The van der Waals surface area contributed by atoms with Gasteiger partial charge in [0.1, 0.15) is 11.3 Å². The van der Waals surface area contributed by atoms with Gasteiger partial charge in [-0.1, -0.05) is 12.2 Å². The van der Waals surface area contributed by atoms with Crippen molar-refractivity contribution in [3.63, 3.8) is 0 Å². The van der Waals surface area contributed by atoms with Gasteiger partial charge in [-0.05, 0) is 0 Å². The number of rotatable bonds is 1. The summed E-state index contributed by atoms with van der Waals surface area (Å²) in [5.74, 6) is 0. The molecule has 0 spiro atoms. The SMILES string of the molecule is NC(=S)C1C=NC=CO1. The van der Waals surface area contributed by atoms with Gasteiger partial charge in [0, 0.05) is 0 Å². The normalized spacial score (nSPS) is 23.3. The quantitative estimate of drug-likeness (QED) is 0.532. The summed E-state index contributed by atoms with van der Waals surface area (Å²) in [6, 6.07) is 0. The number of hydrogen-bond acceptors (Lipinski definition) is 3. The summed E-state index contributed by atoms with van der Waals surface area (Å²) in [6.45, 7) is 0. The highest BCUT2D eigenvalue weighted by Gasteiger charge is 2.08. The number of aliphatic imine (C=N–C) groups is 1. The molecule has 0 aromatic rings. The first-order valence-electron chi connectivity index (χ1n) is 2.44. The summed E-state index contributed by atoms with van der Waals surface area (Å²) in [7, 11) is 0. The van der Waals surface area contributed by atoms with Gasteiger partial charge in [0.05, 0.1) is 12.4 Å². The van der Waals surface area contributed by atoms with Gasteiger partial charge in [-0.15, -0.1) is 0 Å². The Balaban J connectivity index is 2.56. The average molecular weight is 142 g/mol. The molecule has 0 aromatic carbocycles. The molecule has 1 aliphatic heterocycles. The van der Waals surface area contributed by atoms with Crippen molar-refractivity contribution >= 4 is 23.4 Å². The molecule has 2 N–H and O–H groups in total. The molecule has 0 fully saturated rings. The molecule has 1 atom stereocenters. The van der Waals surface area contributed by atoms with Crippen molar-refractivity contribution in [1.29, 1.82) is 0 Å². The van der Waals surface area contributed by atoms with Gasteiger partial charge in [-0.3, -0.25) is 4.99 Å². The van der Waals surface area contributed by atoms with E-state index in [2.05, 4.69) is 17.2 Å². The summed E-state index contributed by atoms with van der Waals surface area (Å²) >= 11 is 4.64. The molecule has 48 valence electrons. The zero-order valence-electron chi connectivity index (χ0n) is 4.65. The van der Waals surface area contributed by atoms with Crippen LogP contribution in [0, 0.1) is 0 Å². The first kappa shape index (κ1) is 6.22. The Labute approximate surface area is 58.2 Å². The summed E-state index contributed by atoms with van der Waals surface area (Å²) in [5, 5.41) is 0. The van der Waals surface area contributed by atoms with Crippen LogP contribution in [-0.4, -0.2) is 17.3 Å². The fourth-order valence-corrected chi connectivity index (χ4v) is 0.575. The number of nitrogens with zero attached hydrogens (tertiary/aromatic N) is 1. The van der Waals surface area contributed by atoms with E-state index in [1.54, 1.807) is 6.21 Å². The molecule has 1 aliphatic rings. The zero-order valence-corrected chi connectivity index (χ0v) is 5.47. The molecule has 0 aromatic heterocycles. The number of thiocarbonyl (C=S) groups is 1. The van der Waals surface area contributed by atoms with Crippen LogP contribution < -0.4 is 5.73 Å². The van der Waals surface area contributed by atoms with Crippen LogP contribution in [0.2, 0.25) is 0 Å². The molecule has 0 radical (unpaired) electrons. The van der Waals surface area contributed by atoms with E-state index >= 15 is 0 Å². The van der Waals surface area contributed by atoms with E-state index < -0.39 is 0 Å². The molecule has 0 amide bonds. The third-order valence-corrected chi connectivity index (χ3v) is 1.11. The fourth-order valence-electron chi connectivity index (χ4n) is 0.458. The van der Waals surface area contributed by atoms with Crippen molar-refractivity contribution in [2.75, 3.05) is 0 Å². The maximum Gasteiger partial charge on any atom is 0.182 e. The van der Waals surface area contributed by atoms with Gasteiger partial charge in [0.15, 0.2) is 6.10 Å². The van der Waals surface area contributed by atoms with Crippen molar-refractivity contribution in [3.8, 4) is 0 Å². The summed E-state index contributed by atoms with van der Waals surface area (Å²) in [4.78, 5) is 4.09. The van der Waals surface area contributed by atoms with Gasteiger partial charge >= 0.3 is 0 Å². The molecule has 0 aliphatic carbocycles. The number of nitrogens with two attached hydrogens (primary N) is 1. The summed E-state index contributed by atoms with van der Waals surface area (Å²) in [6.07, 6.45) is 4.24. The molecule has 9 heavy (non-hydrogen) atoms. The van der Waals surface area contributed by atoms with E-state index in [-0.39, 0.29) is 6.10 Å². The first-order valence-corrected chi connectivity index (χ1v) is 2.84. The van der Waals surface area contributed by atoms with Crippen LogP contribution >= 0.6 is 12.2 Å². The van der Waals surface area contributed by atoms with Crippen molar-refractivity contribution in [2.45, 2.75) is 6.10 Å². The van der Waals surface area contributed by atoms with Crippen LogP contribution in [0.4, 0.5) is 0 Å². The van der Waals surface area contributed by atoms with Crippen molar-refractivity contribution in [2.24, 2.45) is 10.7 Å². The lowest BCUT2D eigenvalue weighted by atomic mass is 10.4. The topological polar surface area (TPSA) is 47.6 Å². The van der Waals surface area contributed by atoms with Crippen molar-refractivity contribution in [1.82, 2.24) is 0 Å². The molecule has 1 unspecified atom stereocenters. The standard InChI is InChI=1S/C5H6N2OS/c6-5(9)4-3-7-1-2-8-4/h1-4H,(H2,6,9). The average Bonchev–Trinajstić information content (AvgIpc) is 1.90. The monoisotopic (exact) mass is 142 g/mol. The fraction of sp³-hybridized carbons (Fsp3) is 0.200. The van der Waals surface area contributed by atoms with E-state index in [0.717, 1.165) is 0 Å². The molecule has 0 bridgehead atoms. The van der Waals surface area contributed by atoms with Crippen LogP contribution in [0.25, 0.3) is 0 Å². The first-order chi connectivity index (χ1) is 4.30. The van der Waals surface area contributed by atoms with Gasteiger partial charge in [0.2, 0.25) is 0 Å². The number of hydrogen-bond donors (Lipinski definition) is 1. The van der Waals surface area contributed by atoms with E-state index in [9.17, 15) is 0 Å². The van der Waals surface area contributed by atoms with Gasteiger partial charge < -0.3 is 10.5 Å².